The third-order valence-corrected chi connectivity index (χ3v) is 4.64. The number of carbonyl (C=O) groups excluding carboxylic acids is 2. The first-order chi connectivity index (χ1) is 11.0. The van der Waals surface area contributed by atoms with Gasteiger partial charge in [0.05, 0.1) is 11.6 Å². The number of rotatable bonds is 5. The van der Waals surface area contributed by atoms with Gasteiger partial charge < -0.3 is 4.74 Å². The zero-order chi connectivity index (χ0) is 16.6. The molecule has 0 saturated heterocycles. The summed E-state index contributed by atoms with van der Waals surface area (Å²) in [6.45, 7) is 7.06. The third-order valence-electron chi connectivity index (χ3n) is 4.64. The number of hydrogen-bond acceptors (Lipinski definition) is 4. The first-order valence-corrected chi connectivity index (χ1v) is 8.48. The molecule has 0 radical (unpaired) electrons. The molecule has 1 fully saturated rings. The van der Waals surface area contributed by atoms with E-state index < -0.39 is 0 Å². The van der Waals surface area contributed by atoms with Gasteiger partial charge in [0.1, 0.15) is 5.76 Å². The van der Waals surface area contributed by atoms with E-state index in [0.29, 0.717) is 18.6 Å². The molecule has 0 amide bonds. The maximum Gasteiger partial charge on any atom is 0.314 e. The minimum atomic E-state index is -0.181. The minimum Gasteiger partial charge on any atom is -0.431 e. The number of aryl methyl sites for hydroxylation is 2. The lowest BCUT2D eigenvalue weighted by Crippen LogP contribution is -2.18. The number of ether oxygens (including phenoxy) is 1. The molecule has 0 bridgehead atoms. The number of ketones is 1. The van der Waals surface area contributed by atoms with Crippen molar-refractivity contribution >= 4 is 11.8 Å². The maximum atomic E-state index is 12.1. The fourth-order valence-electron chi connectivity index (χ4n) is 3.39. The fourth-order valence-corrected chi connectivity index (χ4v) is 3.39. The van der Waals surface area contributed by atoms with E-state index in [9.17, 15) is 9.59 Å². The number of nitrogens with zero attached hydrogens (tertiary/aromatic N) is 2. The monoisotopic (exact) mass is 316 g/mol. The first kappa shape index (κ1) is 16.0. The summed E-state index contributed by atoms with van der Waals surface area (Å²) in [5.41, 5.74) is 3.24. The molecule has 23 heavy (non-hydrogen) atoms. The number of aromatic nitrogens is 2. The fraction of sp³-hybridized carbons (Fsp3) is 0.611. The van der Waals surface area contributed by atoms with Crippen molar-refractivity contribution in [2.24, 2.45) is 5.92 Å². The lowest BCUT2D eigenvalue weighted by Gasteiger charge is -2.22. The average molecular weight is 316 g/mol. The maximum absolute atomic E-state index is 12.1. The van der Waals surface area contributed by atoms with Crippen LogP contribution in [0.25, 0.3) is 0 Å². The summed E-state index contributed by atoms with van der Waals surface area (Å²) in [6, 6.07) is 0. The Kier molecular flexibility index (Phi) is 4.37. The lowest BCUT2D eigenvalue weighted by molar-refractivity contribution is -0.141. The summed E-state index contributed by atoms with van der Waals surface area (Å²) >= 11 is 0. The van der Waals surface area contributed by atoms with E-state index in [1.807, 2.05) is 11.6 Å². The summed E-state index contributed by atoms with van der Waals surface area (Å²) in [6.07, 6.45) is 5.40. The van der Waals surface area contributed by atoms with E-state index >= 15 is 0 Å². The third kappa shape index (κ3) is 3.38. The minimum absolute atomic E-state index is 0.0295. The van der Waals surface area contributed by atoms with E-state index in [1.54, 1.807) is 0 Å². The van der Waals surface area contributed by atoms with Crippen molar-refractivity contribution < 1.29 is 14.3 Å². The molecule has 2 aliphatic rings. The van der Waals surface area contributed by atoms with Crippen LogP contribution in [0.15, 0.2) is 11.8 Å². The summed E-state index contributed by atoms with van der Waals surface area (Å²) < 4.78 is 7.46. The van der Waals surface area contributed by atoms with Gasteiger partial charge in [0.2, 0.25) is 0 Å². The van der Waals surface area contributed by atoms with Crippen LogP contribution in [0.5, 0.6) is 0 Å². The van der Waals surface area contributed by atoms with E-state index in [1.165, 1.54) is 6.08 Å². The van der Waals surface area contributed by atoms with Crippen LogP contribution in [-0.4, -0.2) is 21.5 Å². The van der Waals surface area contributed by atoms with Gasteiger partial charge in [0, 0.05) is 37.1 Å². The Morgan fingerprint density at radius 2 is 2.09 bits per heavy atom. The molecular weight excluding hydrogens is 292 g/mol. The number of hydrogen-bond donors (Lipinski definition) is 0. The summed E-state index contributed by atoms with van der Waals surface area (Å²) in [4.78, 5) is 23.9. The van der Waals surface area contributed by atoms with Gasteiger partial charge in [-0.3, -0.25) is 14.3 Å². The van der Waals surface area contributed by atoms with E-state index in [0.717, 1.165) is 42.8 Å². The number of esters is 1. The topological polar surface area (TPSA) is 61.2 Å². The van der Waals surface area contributed by atoms with Crippen molar-refractivity contribution in [1.29, 1.82) is 0 Å². The van der Waals surface area contributed by atoms with Gasteiger partial charge in [-0.2, -0.15) is 5.10 Å². The Bertz CT molecular complexity index is 668. The predicted molar refractivity (Wildman–Crippen MR) is 85.9 cm³/mol. The SMILES string of the molecule is CCCn1nc(C)c(C2CC(=O)C=C(OC(=O)C3CC3)C2)c1C. The van der Waals surface area contributed by atoms with Crippen molar-refractivity contribution in [2.75, 3.05) is 0 Å². The van der Waals surface area contributed by atoms with Crippen molar-refractivity contribution in [3.63, 3.8) is 0 Å². The molecule has 1 aromatic rings. The number of allylic oxidation sites excluding steroid dienone is 2. The van der Waals surface area contributed by atoms with E-state index in [4.69, 9.17) is 4.74 Å². The normalized spacial score (nSPS) is 21.3. The van der Waals surface area contributed by atoms with Crippen molar-refractivity contribution in [3.8, 4) is 0 Å². The molecule has 1 unspecified atom stereocenters. The Hall–Kier alpha value is -1.91. The molecule has 124 valence electrons. The van der Waals surface area contributed by atoms with Gasteiger partial charge in [0.25, 0.3) is 0 Å². The molecule has 0 aromatic carbocycles. The van der Waals surface area contributed by atoms with E-state index in [-0.39, 0.29) is 23.6 Å². The predicted octanol–water partition coefficient (Wildman–Crippen LogP) is 3.19. The molecule has 1 atom stereocenters. The highest BCUT2D eigenvalue weighted by molar-refractivity contribution is 5.92. The molecule has 3 rings (SSSR count). The van der Waals surface area contributed by atoms with Gasteiger partial charge in [-0.05, 0) is 38.7 Å². The molecule has 0 spiro atoms. The van der Waals surface area contributed by atoms with Crippen LogP contribution in [-0.2, 0) is 20.9 Å². The second-order valence-electron chi connectivity index (χ2n) is 6.69. The molecule has 1 heterocycles. The molecule has 5 nitrogen and oxygen atoms in total. The lowest BCUT2D eigenvalue weighted by atomic mass is 9.85. The van der Waals surface area contributed by atoms with Crippen LogP contribution in [0.1, 0.15) is 61.9 Å². The van der Waals surface area contributed by atoms with Gasteiger partial charge in [-0.15, -0.1) is 0 Å². The van der Waals surface area contributed by atoms with Crippen molar-refractivity contribution in [3.05, 3.63) is 28.8 Å². The molecule has 0 aliphatic heterocycles. The second kappa shape index (κ2) is 6.30. The second-order valence-corrected chi connectivity index (χ2v) is 6.69. The van der Waals surface area contributed by atoms with Crippen LogP contribution in [0.4, 0.5) is 0 Å². The van der Waals surface area contributed by atoms with E-state index in [2.05, 4.69) is 18.9 Å². The van der Waals surface area contributed by atoms with Gasteiger partial charge in [0.15, 0.2) is 5.78 Å². The molecule has 0 N–H and O–H groups in total. The highest BCUT2D eigenvalue weighted by atomic mass is 16.5. The van der Waals surface area contributed by atoms with Gasteiger partial charge in [-0.25, -0.2) is 0 Å². The largest absolute Gasteiger partial charge is 0.431 e. The summed E-state index contributed by atoms with van der Waals surface area (Å²) in [7, 11) is 0. The zero-order valence-electron chi connectivity index (χ0n) is 14.1. The molecule has 5 heteroatoms. The summed E-state index contributed by atoms with van der Waals surface area (Å²) in [5, 5.41) is 4.60. The highest BCUT2D eigenvalue weighted by Gasteiger charge is 2.34. The van der Waals surface area contributed by atoms with Crippen LogP contribution < -0.4 is 0 Å². The first-order valence-electron chi connectivity index (χ1n) is 8.48. The quantitative estimate of drug-likeness (QED) is 0.783. The molecule has 1 saturated carbocycles. The van der Waals surface area contributed by atoms with Crippen LogP contribution in [0, 0.1) is 19.8 Å². The van der Waals surface area contributed by atoms with Gasteiger partial charge in [-0.1, -0.05) is 6.92 Å². The average Bonchev–Trinajstić information content (AvgIpc) is 3.27. The van der Waals surface area contributed by atoms with Crippen LogP contribution >= 0.6 is 0 Å². The zero-order valence-corrected chi connectivity index (χ0v) is 14.1. The van der Waals surface area contributed by atoms with Crippen LogP contribution in [0.2, 0.25) is 0 Å². The Morgan fingerprint density at radius 3 is 2.74 bits per heavy atom. The Labute approximate surface area is 136 Å². The summed E-state index contributed by atoms with van der Waals surface area (Å²) in [5.74, 6) is 0.467. The Morgan fingerprint density at radius 1 is 1.35 bits per heavy atom. The Balaban J connectivity index is 1.79. The molecular formula is C18H24N2O3. The highest BCUT2D eigenvalue weighted by Crippen LogP contribution is 2.37. The van der Waals surface area contributed by atoms with Crippen LogP contribution in [0.3, 0.4) is 0 Å². The van der Waals surface area contributed by atoms with Gasteiger partial charge >= 0.3 is 5.97 Å². The number of carbonyl (C=O) groups is 2. The standard InChI is InChI=1S/C18H24N2O3/c1-4-7-20-12(3)17(11(2)19-20)14-8-15(21)10-16(9-14)23-18(22)13-5-6-13/h10,13-14H,4-9H2,1-3H3. The molecule has 1 aromatic heterocycles. The van der Waals surface area contributed by atoms with Crippen molar-refractivity contribution in [1.82, 2.24) is 9.78 Å². The smallest absolute Gasteiger partial charge is 0.314 e. The molecule has 2 aliphatic carbocycles. The van der Waals surface area contributed by atoms with Crippen molar-refractivity contribution in [2.45, 2.75) is 65.3 Å².